The van der Waals surface area contributed by atoms with Crippen molar-refractivity contribution in [3.05, 3.63) is 65.6 Å². The van der Waals surface area contributed by atoms with Crippen molar-refractivity contribution in [3.8, 4) is 17.0 Å². The van der Waals surface area contributed by atoms with E-state index in [1.54, 1.807) is 19.1 Å². The van der Waals surface area contributed by atoms with E-state index >= 15 is 0 Å². The van der Waals surface area contributed by atoms with Crippen molar-refractivity contribution in [2.75, 3.05) is 10.6 Å². The molecule has 2 N–H and O–H groups in total. The molecule has 2 aromatic carbocycles. The molecule has 0 spiro atoms. The minimum Gasteiger partial charge on any atom is -0.479 e. The Kier molecular flexibility index (Phi) is 4.90. The van der Waals surface area contributed by atoms with Gasteiger partial charge < -0.3 is 10.1 Å². The van der Waals surface area contributed by atoms with Crippen LogP contribution < -0.4 is 15.4 Å². The SMILES string of the molecule is CC1Oc2ccc(-c3csc(NC(=O)/C=C/c4ccccc4)n3)cc2NC1=O. The molecule has 6 nitrogen and oxygen atoms in total. The largest absolute Gasteiger partial charge is 0.479 e. The molecule has 0 radical (unpaired) electrons. The van der Waals surface area contributed by atoms with Gasteiger partial charge in [0, 0.05) is 17.0 Å². The molecule has 7 heteroatoms. The van der Waals surface area contributed by atoms with Crippen LogP contribution in [0.3, 0.4) is 0 Å². The number of aromatic nitrogens is 1. The molecule has 1 aliphatic heterocycles. The van der Waals surface area contributed by atoms with Gasteiger partial charge in [0.2, 0.25) is 5.91 Å². The average Bonchev–Trinajstić information content (AvgIpc) is 3.16. The first-order valence-electron chi connectivity index (χ1n) is 8.70. The van der Waals surface area contributed by atoms with Gasteiger partial charge in [0.25, 0.3) is 5.91 Å². The lowest BCUT2D eigenvalue weighted by atomic mass is 10.1. The van der Waals surface area contributed by atoms with E-state index < -0.39 is 6.10 Å². The maximum absolute atomic E-state index is 12.1. The third kappa shape index (κ3) is 3.94. The van der Waals surface area contributed by atoms with Crippen LogP contribution in [0.25, 0.3) is 17.3 Å². The molecule has 1 unspecified atom stereocenters. The molecule has 2 heterocycles. The topological polar surface area (TPSA) is 80.3 Å². The van der Waals surface area contributed by atoms with Gasteiger partial charge in [-0.05, 0) is 36.8 Å². The Morgan fingerprint density at radius 3 is 2.89 bits per heavy atom. The van der Waals surface area contributed by atoms with Crippen LogP contribution in [0.5, 0.6) is 5.75 Å². The van der Waals surface area contributed by atoms with Gasteiger partial charge in [0.05, 0.1) is 11.4 Å². The van der Waals surface area contributed by atoms with Crippen molar-refractivity contribution in [3.63, 3.8) is 0 Å². The Labute approximate surface area is 165 Å². The molecule has 1 aliphatic rings. The second-order valence-electron chi connectivity index (χ2n) is 6.23. The van der Waals surface area contributed by atoms with E-state index in [-0.39, 0.29) is 11.8 Å². The maximum atomic E-state index is 12.1. The minimum absolute atomic E-state index is 0.180. The number of amides is 2. The molecule has 4 rings (SSSR count). The molecule has 0 saturated heterocycles. The standard InChI is InChI=1S/C21H17N3O3S/c1-13-20(26)22-16-11-15(8-9-18(16)27-13)17-12-28-21(23-17)24-19(25)10-7-14-5-3-2-4-6-14/h2-13H,1H3,(H,22,26)(H,23,24,25)/b10-7+. The fourth-order valence-electron chi connectivity index (χ4n) is 2.71. The van der Waals surface area contributed by atoms with Gasteiger partial charge in [-0.1, -0.05) is 30.3 Å². The number of nitrogens with one attached hydrogen (secondary N) is 2. The summed E-state index contributed by atoms with van der Waals surface area (Å²) in [6.07, 6.45) is 2.71. The minimum atomic E-state index is -0.511. The number of anilines is 2. The Bertz CT molecular complexity index is 1060. The zero-order chi connectivity index (χ0) is 19.5. The summed E-state index contributed by atoms with van der Waals surface area (Å²) >= 11 is 1.34. The van der Waals surface area contributed by atoms with E-state index in [2.05, 4.69) is 15.6 Å². The summed E-state index contributed by atoms with van der Waals surface area (Å²) in [7, 11) is 0. The lowest BCUT2D eigenvalue weighted by Crippen LogP contribution is -2.34. The predicted octanol–water partition coefficient (Wildman–Crippen LogP) is 4.18. The molecule has 28 heavy (non-hydrogen) atoms. The Balaban J connectivity index is 1.46. The second-order valence-corrected chi connectivity index (χ2v) is 7.09. The smallest absolute Gasteiger partial charge is 0.265 e. The van der Waals surface area contributed by atoms with Crippen molar-refractivity contribution in [1.29, 1.82) is 0 Å². The third-order valence-electron chi connectivity index (χ3n) is 4.17. The molecule has 1 aromatic heterocycles. The number of benzene rings is 2. The molecule has 2 amide bonds. The summed E-state index contributed by atoms with van der Waals surface area (Å²) in [5, 5.41) is 7.95. The number of carbonyl (C=O) groups excluding carboxylic acids is 2. The van der Waals surface area contributed by atoms with Crippen molar-refractivity contribution in [1.82, 2.24) is 4.98 Å². The van der Waals surface area contributed by atoms with Gasteiger partial charge in [0.1, 0.15) is 5.75 Å². The highest BCUT2D eigenvalue weighted by atomic mass is 32.1. The van der Waals surface area contributed by atoms with E-state index in [9.17, 15) is 9.59 Å². The number of thiazole rings is 1. The number of fused-ring (bicyclic) bond motifs is 1. The van der Waals surface area contributed by atoms with E-state index in [1.807, 2.05) is 47.8 Å². The number of rotatable bonds is 4. The van der Waals surface area contributed by atoms with Gasteiger partial charge >= 0.3 is 0 Å². The summed E-state index contributed by atoms with van der Waals surface area (Å²) in [5.41, 5.74) is 3.10. The summed E-state index contributed by atoms with van der Waals surface area (Å²) in [6, 6.07) is 15.1. The van der Waals surface area contributed by atoms with Gasteiger partial charge in [-0.2, -0.15) is 0 Å². The highest BCUT2D eigenvalue weighted by Gasteiger charge is 2.23. The fraction of sp³-hybridized carbons (Fsp3) is 0.0952. The Morgan fingerprint density at radius 2 is 2.07 bits per heavy atom. The number of hydrogen-bond donors (Lipinski definition) is 2. The van der Waals surface area contributed by atoms with Crippen molar-refractivity contribution in [2.24, 2.45) is 0 Å². The lowest BCUT2D eigenvalue weighted by Gasteiger charge is -2.23. The molecule has 0 bridgehead atoms. The van der Waals surface area contributed by atoms with Crippen LogP contribution in [0, 0.1) is 0 Å². The van der Waals surface area contributed by atoms with E-state index in [0.29, 0.717) is 22.3 Å². The average molecular weight is 391 g/mol. The molecule has 0 fully saturated rings. The molecule has 0 aliphatic carbocycles. The van der Waals surface area contributed by atoms with Gasteiger partial charge in [-0.15, -0.1) is 11.3 Å². The highest BCUT2D eigenvalue weighted by Crippen LogP contribution is 2.34. The maximum Gasteiger partial charge on any atom is 0.265 e. The fourth-order valence-corrected chi connectivity index (χ4v) is 3.44. The van der Waals surface area contributed by atoms with Gasteiger partial charge in [0.15, 0.2) is 11.2 Å². The number of carbonyl (C=O) groups is 2. The van der Waals surface area contributed by atoms with Crippen LogP contribution in [0.1, 0.15) is 12.5 Å². The van der Waals surface area contributed by atoms with Crippen LogP contribution in [0.2, 0.25) is 0 Å². The van der Waals surface area contributed by atoms with Gasteiger partial charge in [-0.25, -0.2) is 4.98 Å². The zero-order valence-corrected chi connectivity index (χ0v) is 15.8. The van der Waals surface area contributed by atoms with E-state index in [4.69, 9.17) is 4.74 Å². The van der Waals surface area contributed by atoms with Crippen molar-refractivity contribution >= 4 is 40.0 Å². The zero-order valence-electron chi connectivity index (χ0n) is 15.0. The normalized spacial score (nSPS) is 15.6. The summed E-state index contributed by atoms with van der Waals surface area (Å²) < 4.78 is 5.56. The number of nitrogens with zero attached hydrogens (tertiary/aromatic N) is 1. The predicted molar refractivity (Wildman–Crippen MR) is 110 cm³/mol. The molecule has 3 aromatic rings. The quantitative estimate of drug-likeness (QED) is 0.654. The third-order valence-corrected chi connectivity index (χ3v) is 4.92. The van der Waals surface area contributed by atoms with Crippen LogP contribution in [-0.4, -0.2) is 22.9 Å². The number of ether oxygens (including phenoxy) is 1. The van der Waals surface area contributed by atoms with Crippen molar-refractivity contribution in [2.45, 2.75) is 13.0 Å². The number of hydrogen-bond acceptors (Lipinski definition) is 5. The summed E-state index contributed by atoms with van der Waals surface area (Å²) in [6.45, 7) is 1.70. The monoisotopic (exact) mass is 391 g/mol. The molecule has 0 saturated carbocycles. The molecule has 1 atom stereocenters. The first kappa shape index (κ1) is 17.9. The second kappa shape index (κ2) is 7.66. The molecule has 140 valence electrons. The van der Waals surface area contributed by atoms with Crippen molar-refractivity contribution < 1.29 is 14.3 Å². The van der Waals surface area contributed by atoms with Crippen LogP contribution in [-0.2, 0) is 9.59 Å². The van der Waals surface area contributed by atoms with E-state index in [1.165, 1.54) is 17.4 Å². The van der Waals surface area contributed by atoms with Crippen LogP contribution in [0.15, 0.2) is 60.0 Å². The first-order valence-corrected chi connectivity index (χ1v) is 9.58. The first-order chi connectivity index (χ1) is 13.6. The van der Waals surface area contributed by atoms with E-state index in [0.717, 1.165) is 11.1 Å². The highest BCUT2D eigenvalue weighted by molar-refractivity contribution is 7.14. The summed E-state index contributed by atoms with van der Waals surface area (Å²) in [4.78, 5) is 28.3. The summed E-state index contributed by atoms with van der Waals surface area (Å²) in [5.74, 6) is 0.205. The Hall–Kier alpha value is -3.45. The van der Waals surface area contributed by atoms with Gasteiger partial charge in [-0.3, -0.25) is 14.9 Å². The Morgan fingerprint density at radius 1 is 1.25 bits per heavy atom. The molecular formula is C21H17N3O3S. The lowest BCUT2D eigenvalue weighted by molar-refractivity contribution is -0.122. The van der Waals surface area contributed by atoms with Crippen LogP contribution in [0.4, 0.5) is 10.8 Å². The van der Waals surface area contributed by atoms with Crippen LogP contribution >= 0.6 is 11.3 Å². The molecular weight excluding hydrogens is 374 g/mol.